The SMILES string of the molecule is CO/C=C/c1c(-c2cc(F)c(C)c(F)c2)ccnc1Cl. The first kappa shape index (κ1) is 14.5. The zero-order valence-corrected chi connectivity index (χ0v) is 11.7. The minimum atomic E-state index is -0.602. The molecule has 0 aliphatic rings. The van der Waals surface area contributed by atoms with Gasteiger partial charge in [0.25, 0.3) is 0 Å². The van der Waals surface area contributed by atoms with Gasteiger partial charge in [0.2, 0.25) is 0 Å². The Hall–Kier alpha value is -1.94. The minimum Gasteiger partial charge on any atom is -0.504 e. The fourth-order valence-corrected chi connectivity index (χ4v) is 2.02. The van der Waals surface area contributed by atoms with Gasteiger partial charge in [-0.2, -0.15) is 0 Å². The van der Waals surface area contributed by atoms with E-state index in [-0.39, 0.29) is 10.7 Å². The Morgan fingerprint density at radius 2 is 1.90 bits per heavy atom. The zero-order valence-electron chi connectivity index (χ0n) is 11.0. The van der Waals surface area contributed by atoms with E-state index in [4.69, 9.17) is 16.3 Å². The summed E-state index contributed by atoms with van der Waals surface area (Å²) in [5, 5.41) is 0.234. The van der Waals surface area contributed by atoms with Crippen LogP contribution in [-0.4, -0.2) is 12.1 Å². The molecule has 0 aliphatic carbocycles. The Morgan fingerprint density at radius 3 is 2.50 bits per heavy atom. The number of methoxy groups -OCH3 is 1. The zero-order chi connectivity index (χ0) is 14.7. The van der Waals surface area contributed by atoms with Crippen molar-refractivity contribution in [3.8, 4) is 11.1 Å². The van der Waals surface area contributed by atoms with Crippen LogP contribution in [0.25, 0.3) is 17.2 Å². The molecule has 0 unspecified atom stereocenters. The third kappa shape index (κ3) is 2.80. The molecule has 1 heterocycles. The molecule has 0 spiro atoms. The number of benzene rings is 1. The van der Waals surface area contributed by atoms with Crippen LogP contribution in [0.3, 0.4) is 0 Å². The quantitative estimate of drug-likeness (QED) is 0.609. The van der Waals surface area contributed by atoms with E-state index in [1.165, 1.54) is 38.6 Å². The number of halogens is 3. The summed E-state index contributed by atoms with van der Waals surface area (Å²) in [4.78, 5) is 3.95. The van der Waals surface area contributed by atoms with E-state index in [0.29, 0.717) is 16.7 Å². The Labute approximate surface area is 120 Å². The molecule has 0 radical (unpaired) electrons. The molecular weight excluding hydrogens is 284 g/mol. The van der Waals surface area contributed by atoms with Crippen LogP contribution in [0.1, 0.15) is 11.1 Å². The molecule has 0 fully saturated rings. The van der Waals surface area contributed by atoms with Gasteiger partial charge in [-0.15, -0.1) is 0 Å². The third-order valence-corrected chi connectivity index (χ3v) is 3.21. The number of pyridine rings is 1. The van der Waals surface area contributed by atoms with Gasteiger partial charge in [-0.25, -0.2) is 13.8 Å². The van der Waals surface area contributed by atoms with Crippen LogP contribution in [0.15, 0.2) is 30.7 Å². The molecular formula is C15H12ClF2NO. The van der Waals surface area contributed by atoms with Gasteiger partial charge in [0, 0.05) is 17.3 Å². The summed E-state index contributed by atoms with van der Waals surface area (Å²) in [7, 11) is 1.49. The lowest BCUT2D eigenvalue weighted by molar-refractivity contribution is 0.341. The van der Waals surface area contributed by atoms with Crippen LogP contribution in [0.4, 0.5) is 8.78 Å². The maximum atomic E-state index is 13.7. The summed E-state index contributed by atoms with van der Waals surface area (Å²) in [5.74, 6) is -1.20. The largest absolute Gasteiger partial charge is 0.504 e. The molecule has 0 saturated heterocycles. The Morgan fingerprint density at radius 1 is 1.25 bits per heavy atom. The molecule has 0 aliphatic heterocycles. The van der Waals surface area contributed by atoms with Crippen LogP contribution in [0.2, 0.25) is 5.15 Å². The topological polar surface area (TPSA) is 22.1 Å². The highest BCUT2D eigenvalue weighted by molar-refractivity contribution is 6.31. The summed E-state index contributed by atoms with van der Waals surface area (Å²) in [6.07, 6.45) is 4.51. The molecule has 0 amide bonds. The monoisotopic (exact) mass is 295 g/mol. The lowest BCUT2D eigenvalue weighted by atomic mass is 10.00. The van der Waals surface area contributed by atoms with Gasteiger partial charge >= 0.3 is 0 Å². The summed E-state index contributed by atoms with van der Waals surface area (Å²) >= 11 is 6.02. The summed E-state index contributed by atoms with van der Waals surface area (Å²) < 4.78 is 32.2. The lowest BCUT2D eigenvalue weighted by Gasteiger charge is -2.09. The van der Waals surface area contributed by atoms with Crippen molar-refractivity contribution >= 4 is 17.7 Å². The van der Waals surface area contributed by atoms with Crippen molar-refractivity contribution in [2.45, 2.75) is 6.92 Å². The highest BCUT2D eigenvalue weighted by atomic mass is 35.5. The van der Waals surface area contributed by atoms with Crippen LogP contribution in [0.5, 0.6) is 0 Å². The minimum absolute atomic E-state index is 0.0112. The van der Waals surface area contributed by atoms with Crippen molar-refractivity contribution in [3.05, 3.63) is 58.6 Å². The second-order valence-corrected chi connectivity index (χ2v) is 4.52. The van der Waals surface area contributed by atoms with Gasteiger partial charge in [-0.3, -0.25) is 0 Å². The predicted molar refractivity (Wildman–Crippen MR) is 75.4 cm³/mol. The van der Waals surface area contributed by atoms with Gasteiger partial charge in [0.15, 0.2) is 0 Å². The average Bonchev–Trinajstić information content (AvgIpc) is 2.42. The molecule has 1 aromatic carbocycles. The van der Waals surface area contributed by atoms with Crippen molar-refractivity contribution < 1.29 is 13.5 Å². The molecule has 0 N–H and O–H groups in total. The van der Waals surface area contributed by atoms with E-state index in [1.807, 2.05) is 0 Å². The molecule has 104 valence electrons. The molecule has 20 heavy (non-hydrogen) atoms. The second kappa shape index (κ2) is 6.01. The first-order valence-electron chi connectivity index (χ1n) is 5.84. The Kier molecular flexibility index (Phi) is 4.35. The van der Waals surface area contributed by atoms with Crippen LogP contribution in [0, 0.1) is 18.6 Å². The number of nitrogens with zero attached hydrogens (tertiary/aromatic N) is 1. The summed E-state index contributed by atoms with van der Waals surface area (Å²) in [5.41, 5.74) is 1.50. The molecule has 2 nitrogen and oxygen atoms in total. The van der Waals surface area contributed by atoms with E-state index < -0.39 is 11.6 Å². The van der Waals surface area contributed by atoms with Crippen molar-refractivity contribution in [2.24, 2.45) is 0 Å². The van der Waals surface area contributed by atoms with Crippen molar-refractivity contribution in [1.29, 1.82) is 0 Å². The third-order valence-electron chi connectivity index (χ3n) is 2.90. The molecule has 0 saturated carbocycles. The van der Waals surface area contributed by atoms with Crippen LogP contribution >= 0.6 is 11.6 Å². The molecule has 2 aromatic rings. The number of ether oxygens (including phenoxy) is 1. The van der Waals surface area contributed by atoms with E-state index in [9.17, 15) is 8.78 Å². The van der Waals surface area contributed by atoms with Crippen molar-refractivity contribution in [2.75, 3.05) is 7.11 Å². The van der Waals surface area contributed by atoms with Crippen molar-refractivity contribution in [1.82, 2.24) is 4.98 Å². The molecule has 0 atom stereocenters. The lowest BCUT2D eigenvalue weighted by Crippen LogP contribution is -1.93. The predicted octanol–water partition coefficient (Wildman–Crippen LogP) is 4.61. The standard InChI is InChI=1S/C15H12ClF2NO/c1-9-13(17)7-10(8-14(9)18)11-3-5-19-15(16)12(11)4-6-20-2/h3-8H,1-2H3/b6-4+. The van der Waals surface area contributed by atoms with Gasteiger partial charge < -0.3 is 4.74 Å². The van der Waals surface area contributed by atoms with Crippen LogP contribution in [-0.2, 0) is 4.74 Å². The number of hydrogen-bond acceptors (Lipinski definition) is 2. The highest BCUT2D eigenvalue weighted by Crippen LogP contribution is 2.30. The Bertz CT molecular complexity index is 648. The number of aromatic nitrogens is 1. The molecule has 1 aromatic heterocycles. The van der Waals surface area contributed by atoms with Gasteiger partial charge in [-0.05, 0) is 42.3 Å². The number of rotatable bonds is 3. The average molecular weight is 296 g/mol. The van der Waals surface area contributed by atoms with Crippen molar-refractivity contribution in [3.63, 3.8) is 0 Å². The first-order valence-corrected chi connectivity index (χ1v) is 6.22. The van der Waals surface area contributed by atoms with Crippen LogP contribution < -0.4 is 0 Å². The number of hydrogen-bond donors (Lipinski definition) is 0. The van der Waals surface area contributed by atoms with Gasteiger partial charge in [-0.1, -0.05) is 11.6 Å². The van der Waals surface area contributed by atoms with Gasteiger partial charge in [0.05, 0.1) is 13.4 Å². The van der Waals surface area contributed by atoms with E-state index in [0.717, 1.165) is 0 Å². The fraction of sp³-hybridized carbons (Fsp3) is 0.133. The smallest absolute Gasteiger partial charge is 0.136 e. The summed E-state index contributed by atoms with van der Waals surface area (Å²) in [6, 6.07) is 4.19. The molecule has 5 heteroatoms. The maximum Gasteiger partial charge on any atom is 0.136 e. The maximum absolute atomic E-state index is 13.7. The molecule has 0 bridgehead atoms. The normalized spacial score (nSPS) is 11.1. The second-order valence-electron chi connectivity index (χ2n) is 4.17. The Balaban J connectivity index is 2.64. The van der Waals surface area contributed by atoms with Gasteiger partial charge in [0.1, 0.15) is 16.8 Å². The first-order chi connectivity index (χ1) is 9.54. The molecule has 2 rings (SSSR count). The van der Waals surface area contributed by atoms with E-state index in [2.05, 4.69) is 4.98 Å². The fourth-order valence-electron chi connectivity index (χ4n) is 1.79. The van der Waals surface area contributed by atoms with E-state index >= 15 is 0 Å². The van der Waals surface area contributed by atoms with E-state index in [1.54, 1.807) is 12.1 Å². The summed E-state index contributed by atoms with van der Waals surface area (Å²) in [6.45, 7) is 1.39. The highest BCUT2D eigenvalue weighted by Gasteiger charge is 2.12.